The summed E-state index contributed by atoms with van der Waals surface area (Å²) in [5.41, 5.74) is 0. The second-order valence-electron chi connectivity index (χ2n) is 15.5. The van der Waals surface area contributed by atoms with Crippen LogP contribution in [-0.4, -0.2) is 98.9 Å². The Kier molecular flexibility index (Phi) is 33.7. The Labute approximate surface area is 350 Å². The van der Waals surface area contributed by atoms with Gasteiger partial charge in [-0.3, -0.25) is 13.8 Å². The molecule has 0 bridgehead atoms. The molecule has 6 N–H and O–H groups in total. The third kappa shape index (κ3) is 27.9. The molecule has 1 fully saturated rings. The van der Waals surface area contributed by atoms with Crippen LogP contribution in [0.25, 0.3) is 0 Å². The molecular formula is C45H81O12P. The van der Waals surface area contributed by atoms with E-state index in [0.717, 1.165) is 89.9 Å². The van der Waals surface area contributed by atoms with Gasteiger partial charge in [0.15, 0.2) is 0 Å². The molecule has 1 aliphatic carbocycles. The van der Waals surface area contributed by atoms with Gasteiger partial charge in [0, 0.05) is 13.0 Å². The predicted molar refractivity (Wildman–Crippen MR) is 230 cm³/mol. The number of hydrogen-bond donors (Lipinski definition) is 6. The Morgan fingerprint density at radius 3 is 1.57 bits per heavy atom. The topological polar surface area (TPSA) is 192 Å². The van der Waals surface area contributed by atoms with Gasteiger partial charge in [-0.05, 0) is 70.6 Å². The van der Waals surface area contributed by atoms with Gasteiger partial charge in [0.25, 0.3) is 0 Å². The van der Waals surface area contributed by atoms with E-state index in [1.165, 1.54) is 51.4 Å². The SMILES string of the molecule is CC/C=C\C/C=C\C/C=C\CCCCCCCCCCOCC(COP(=O)(O)OC1C(O)C(O)C(O)C(O)C1O)OC(=O)CCCCCCC/C=C\CCCCCC. The molecule has 0 aromatic rings. The summed E-state index contributed by atoms with van der Waals surface area (Å²) in [7, 11) is -5.02. The number of aliphatic hydroxyl groups is 5. The fourth-order valence-electron chi connectivity index (χ4n) is 6.60. The van der Waals surface area contributed by atoms with Crippen LogP contribution in [0.5, 0.6) is 0 Å². The van der Waals surface area contributed by atoms with Crippen molar-refractivity contribution in [3.8, 4) is 0 Å². The Bertz CT molecular complexity index is 1140. The molecule has 1 aliphatic rings. The van der Waals surface area contributed by atoms with Crippen molar-refractivity contribution in [3.63, 3.8) is 0 Å². The van der Waals surface area contributed by atoms with Crippen molar-refractivity contribution in [2.45, 2.75) is 211 Å². The zero-order chi connectivity index (χ0) is 42.7. The second kappa shape index (κ2) is 36.0. The van der Waals surface area contributed by atoms with Gasteiger partial charge in [0.1, 0.15) is 42.7 Å². The van der Waals surface area contributed by atoms with E-state index < -0.39 is 63.1 Å². The number of aliphatic hydroxyl groups excluding tert-OH is 5. The highest BCUT2D eigenvalue weighted by molar-refractivity contribution is 7.47. The first kappa shape index (κ1) is 54.3. The Hall–Kier alpha value is -1.70. The van der Waals surface area contributed by atoms with Crippen LogP contribution in [0.3, 0.4) is 0 Å². The van der Waals surface area contributed by atoms with Crippen molar-refractivity contribution in [2.75, 3.05) is 19.8 Å². The van der Waals surface area contributed by atoms with Crippen LogP contribution in [0.2, 0.25) is 0 Å². The van der Waals surface area contributed by atoms with E-state index in [-0.39, 0.29) is 13.0 Å². The van der Waals surface area contributed by atoms with Crippen LogP contribution >= 0.6 is 7.82 Å². The number of carbonyl (C=O) groups is 1. The number of esters is 1. The first-order chi connectivity index (χ1) is 28.0. The summed E-state index contributed by atoms with van der Waals surface area (Å²) in [6, 6.07) is 0. The van der Waals surface area contributed by atoms with Crippen molar-refractivity contribution in [2.24, 2.45) is 0 Å². The summed E-state index contributed by atoms with van der Waals surface area (Å²) >= 11 is 0. The van der Waals surface area contributed by atoms with E-state index in [1.54, 1.807) is 0 Å². The summed E-state index contributed by atoms with van der Waals surface area (Å²) in [5.74, 6) is -0.491. The monoisotopic (exact) mass is 845 g/mol. The molecule has 13 heteroatoms. The number of phosphoric ester groups is 1. The molecule has 58 heavy (non-hydrogen) atoms. The minimum atomic E-state index is -5.02. The van der Waals surface area contributed by atoms with Gasteiger partial charge >= 0.3 is 13.8 Å². The highest BCUT2D eigenvalue weighted by Crippen LogP contribution is 2.47. The highest BCUT2D eigenvalue weighted by Gasteiger charge is 2.51. The molecule has 0 aliphatic heterocycles. The smallest absolute Gasteiger partial charge is 0.457 e. The van der Waals surface area contributed by atoms with Crippen LogP contribution in [0.15, 0.2) is 48.6 Å². The molecule has 0 aromatic carbocycles. The molecule has 338 valence electrons. The van der Waals surface area contributed by atoms with Gasteiger partial charge in [-0.2, -0.15) is 0 Å². The molecule has 12 nitrogen and oxygen atoms in total. The molecule has 0 saturated heterocycles. The van der Waals surface area contributed by atoms with Gasteiger partial charge < -0.3 is 39.9 Å². The maximum Gasteiger partial charge on any atom is 0.472 e. The Morgan fingerprint density at radius 1 is 0.569 bits per heavy atom. The van der Waals surface area contributed by atoms with Gasteiger partial charge in [0.2, 0.25) is 0 Å². The molecule has 0 amide bonds. The van der Waals surface area contributed by atoms with Crippen molar-refractivity contribution in [1.29, 1.82) is 0 Å². The zero-order valence-corrected chi connectivity index (χ0v) is 36.7. The molecular weight excluding hydrogens is 763 g/mol. The standard InChI is InChI=1S/C45H81O12P/c1-3-5-7-9-11-13-15-17-18-19-20-21-23-25-27-29-31-33-35-54-36-38(37-55-58(52,53)57-45-43(50)41(48)40(47)42(49)44(45)51)56-39(46)34-32-30-28-26-24-22-16-14-12-10-8-6-4-2/h5,7,11,13-14,16-18,38,40-45,47-51H,3-4,6,8-10,12,15,19-37H2,1-2H3,(H,52,53)/b7-5-,13-11-,16-14-,18-17-. The summed E-state index contributed by atoms with van der Waals surface area (Å²) < 4.78 is 34.1. The number of ether oxygens (including phenoxy) is 2. The lowest BCUT2D eigenvalue weighted by atomic mass is 9.85. The lowest BCUT2D eigenvalue weighted by Gasteiger charge is -2.41. The van der Waals surface area contributed by atoms with Crippen molar-refractivity contribution < 1.29 is 58.3 Å². The lowest BCUT2D eigenvalue weighted by molar-refractivity contribution is -0.220. The molecule has 1 saturated carbocycles. The Morgan fingerprint density at radius 2 is 1.02 bits per heavy atom. The molecule has 6 unspecified atom stereocenters. The van der Waals surface area contributed by atoms with E-state index >= 15 is 0 Å². The minimum Gasteiger partial charge on any atom is -0.457 e. The maximum absolute atomic E-state index is 12.8. The summed E-state index contributed by atoms with van der Waals surface area (Å²) in [5, 5.41) is 50.1. The quantitative estimate of drug-likeness (QED) is 0.0151. The van der Waals surface area contributed by atoms with E-state index in [4.69, 9.17) is 18.5 Å². The van der Waals surface area contributed by atoms with Crippen molar-refractivity contribution >= 4 is 13.8 Å². The van der Waals surface area contributed by atoms with Gasteiger partial charge in [0.05, 0.1) is 13.2 Å². The van der Waals surface area contributed by atoms with Gasteiger partial charge in [-0.1, -0.05) is 140 Å². The van der Waals surface area contributed by atoms with Crippen LogP contribution < -0.4 is 0 Å². The minimum absolute atomic E-state index is 0.0861. The second-order valence-corrected chi connectivity index (χ2v) is 16.9. The first-order valence-corrected chi connectivity index (χ1v) is 24.0. The number of carbonyl (C=O) groups excluding carboxylic acids is 1. The molecule has 0 spiro atoms. The number of unbranched alkanes of at least 4 members (excludes halogenated alkanes) is 17. The van der Waals surface area contributed by atoms with Gasteiger partial charge in [-0.25, -0.2) is 4.57 Å². The molecule has 0 aromatic heterocycles. The largest absolute Gasteiger partial charge is 0.472 e. The average molecular weight is 845 g/mol. The summed E-state index contributed by atoms with van der Waals surface area (Å²) in [6.07, 6.45) is 30.4. The van der Waals surface area contributed by atoms with Crippen molar-refractivity contribution in [1.82, 2.24) is 0 Å². The number of allylic oxidation sites excluding steroid dienone is 8. The Balaban J connectivity index is 2.41. The van der Waals surface area contributed by atoms with E-state index in [9.17, 15) is 39.8 Å². The third-order valence-electron chi connectivity index (χ3n) is 10.2. The first-order valence-electron chi connectivity index (χ1n) is 22.5. The summed E-state index contributed by atoms with van der Waals surface area (Å²) in [6.45, 7) is 4.10. The van der Waals surface area contributed by atoms with Crippen LogP contribution in [0.4, 0.5) is 0 Å². The lowest BCUT2D eigenvalue weighted by Crippen LogP contribution is -2.64. The summed E-state index contributed by atoms with van der Waals surface area (Å²) in [4.78, 5) is 23.1. The third-order valence-corrected chi connectivity index (χ3v) is 11.2. The molecule has 6 atom stereocenters. The number of phosphoric acid groups is 1. The number of hydrogen-bond acceptors (Lipinski definition) is 11. The van der Waals surface area contributed by atoms with Crippen LogP contribution in [-0.2, 0) is 27.9 Å². The maximum atomic E-state index is 12.8. The van der Waals surface area contributed by atoms with Crippen LogP contribution in [0, 0.1) is 0 Å². The van der Waals surface area contributed by atoms with Gasteiger partial charge in [-0.15, -0.1) is 0 Å². The average Bonchev–Trinajstić information content (AvgIpc) is 3.21. The predicted octanol–water partition coefficient (Wildman–Crippen LogP) is 8.86. The van der Waals surface area contributed by atoms with E-state index in [1.807, 2.05) is 0 Å². The van der Waals surface area contributed by atoms with E-state index in [2.05, 4.69) is 62.5 Å². The number of rotatable bonds is 37. The fourth-order valence-corrected chi connectivity index (χ4v) is 7.57. The molecule has 0 radical (unpaired) electrons. The fraction of sp³-hybridized carbons (Fsp3) is 0.800. The zero-order valence-electron chi connectivity index (χ0n) is 35.8. The molecule has 0 heterocycles. The highest BCUT2D eigenvalue weighted by atomic mass is 31.2. The van der Waals surface area contributed by atoms with Crippen LogP contribution in [0.1, 0.15) is 168 Å². The molecule has 1 rings (SSSR count). The normalized spacial score (nSPS) is 23.1. The van der Waals surface area contributed by atoms with E-state index in [0.29, 0.717) is 13.0 Å². The van der Waals surface area contributed by atoms with Crippen molar-refractivity contribution in [3.05, 3.63) is 48.6 Å².